The van der Waals surface area contributed by atoms with Gasteiger partial charge in [-0.3, -0.25) is 9.69 Å². The fraction of sp³-hybridized carbons (Fsp3) is 0.933. The Kier molecular flexibility index (Phi) is 7.33. The molecule has 0 aromatic carbocycles. The van der Waals surface area contributed by atoms with Crippen molar-refractivity contribution in [3.8, 4) is 0 Å². The summed E-state index contributed by atoms with van der Waals surface area (Å²) in [5.41, 5.74) is 0. The van der Waals surface area contributed by atoms with Crippen molar-refractivity contribution in [2.24, 2.45) is 5.92 Å². The molecule has 1 aliphatic carbocycles. The van der Waals surface area contributed by atoms with Gasteiger partial charge in [0.2, 0.25) is 5.91 Å². The number of carbonyl (C=O) groups excluding carboxylic acids is 1. The van der Waals surface area contributed by atoms with E-state index in [1.165, 1.54) is 38.5 Å². The van der Waals surface area contributed by atoms with Crippen molar-refractivity contribution in [2.45, 2.75) is 65.3 Å². The molecule has 0 heterocycles. The van der Waals surface area contributed by atoms with E-state index in [-0.39, 0.29) is 5.91 Å². The van der Waals surface area contributed by atoms with E-state index in [0.29, 0.717) is 18.5 Å². The van der Waals surface area contributed by atoms with Crippen molar-refractivity contribution in [3.05, 3.63) is 0 Å². The zero-order valence-corrected chi connectivity index (χ0v) is 12.4. The van der Waals surface area contributed by atoms with Crippen LogP contribution in [0.25, 0.3) is 0 Å². The first-order valence-electron chi connectivity index (χ1n) is 7.71. The van der Waals surface area contributed by atoms with Gasteiger partial charge in [-0.1, -0.05) is 40.0 Å². The van der Waals surface area contributed by atoms with Gasteiger partial charge in [-0.05, 0) is 31.7 Å². The van der Waals surface area contributed by atoms with E-state index in [4.69, 9.17) is 0 Å². The van der Waals surface area contributed by atoms with Crippen molar-refractivity contribution in [1.82, 2.24) is 10.2 Å². The summed E-state index contributed by atoms with van der Waals surface area (Å²) in [5, 5.41) is 3.11. The largest absolute Gasteiger partial charge is 0.355 e. The zero-order valence-electron chi connectivity index (χ0n) is 12.4. The summed E-state index contributed by atoms with van der Waals surface area (Å²) in [6, 6.07) is 0.683. The molecular formula is C15H30N2O. The highest BCUT2D eigenvalue weighted by molar-refractivity contribution is 5.78. The van der Waals surface area contributed by atoms with Crippen LogP contribution in [0.5, 0.6) is 0 Å². The molecular weight excluding hydrogens is 224 g/mol. The van der Waals surface area contributed by atoms with Gasteiger partial charge in [0, 0.05) is 12.6 Å². The SMILES string of the molecule is CCCCC(CC)CNC(=O)CN(CC)C1CC1. The molecule has 0 aromatic rings. The molecule has 1 rings (SSSR count). The van der Waals surface area contributed by atoms with Crippen LogP contribution in [0.3, 0.4) is 0 Å². The molecule has 0 radical (unpaired) electrons. The zero-order chi connectivity index (χ0) is 13.4. The summed E-state index contributed by atoms with van der Waals surface area (Å²) >= 11 is 0. The minimum absolute atomic E-state index is 0.207. The number of carbonyl (C=O) groups is 1. The van der Waals surface area contributed by atoms with E-state index >= 15 is 0 Å². The fourth-order valence-corrected chi connectivity index (χ4v) is 2.38. The topological polar surface area (TPSA) is 32.3 Å². The highest BCUT2D eigenvalue weighted by Crippen LogP contribution is 2.25. The van der Waals surface area contributed by atoms with Gasteiger partial charge in [-0.25, -0.2) is 0 Å². The Morgan fingerprint density at radius 2 is 2.06 bits per heavy atom. The van der Waals surface area contributed by atoms with Crippen molar-refractivity contribution >= 4 is 5.91 Å². The lowest BCUT2D eigenvalue weighted by atomic mass is 9.99. The Balaban J connectivity index is 2.17. The van der Waals surface area contributed by atoms with Crippen molar-refractivity contribution < 1.29 is 4.79 Å². The molecule has 106 valence electrons. The number of nitrogens with one attached hydrogen (secondary N) is 1. The Morgan fingerprint density at radius 1 is 1.33 bits per heavy atom. The lowest BCUT2D eigenvalue weighted by Crippen LogP contribution is -2.40. The second-order valence-corrected chi connectivity index (χ2v) is 5.51. The van der Waals surface area contributed by atoms with Gasteiger partial charge < -0.3 is 5.32 Å². The van der Waals surface area contributed by atoms with Gasteiger partial charge in [0.1, 0.15) is 0 Å². The Hall–Kier alpha value is -0.570. The van der Waals surface area contributed by atoms with Crippen LogP contribution in [0, 0.1) is 5.92 Å². The number of hydrogen-bond acceptors (Lipinski definition) is 2. The highest BCUT2D eigenvalue weighted by Gasteiger charge is 2.28. The maximum absolute atomic E-state index is 11.9. The Bertz CT molecular complexity index is 239. The van der Waals surface area contributed by atoms with E-state index in [1.54, 1.807) is 0 Å². The fourth-order valence-electron chi connectivity index (χ4n) is 2.38. The van der Waals surface area contributed by atoms with E-state index in [0.717, 1.165) is 13.1 Å². The van der Waals surface area contributed by atoms with Gasteiger partial charge in [0.05, 0.1) is 6.54 Å². The average Bonchev–Trinajstić information content (AvgIpc) is 3.20. The monoisotopic (exact) mass is 254 g/mol. The summed E-state index contributed by atoms with van der Waals surface area (Å²) in [6.07, 6.45) is 7.48. The third kappa shape index (κ3) is 5.85. The van der Waals surface area contributed by atoms with Gasteiger partial charge >= 0.3 is 0 Å². The molecule has 0 saturated heterocycles. The van der Waals surface area contributed by atoms with Crippen molar-refractivity contribution in [3.63, 3.8) is 0 Å². The molecule has 3 nitrogen and oxygen atoms in total. The lowest BCUT2D eigenvalue weighted by Gasteiger charge is -2.20. The first-order chi connectivity index (χ1) is 8.71. The maximum Gasteiger partial charge on any atom is 0.234 e. The molecule has 0 aromatic heterocycles. The molecule has 1 N–H and O–H groups in total. The Morgan fingerprint density at radius 3 is 2.56 bits per heavy atom. The lowest BCUT2D eigenvalue weighted by molar-refractivity contribution is -0.122. The molecule has 1 atom stereocenters. The third-order valence-corrected chi connectivity index (χ3v) is 3.95. The quantitative estimate of drug-likeness (QED) is 0.650. The van der Waals surface area contributed by atoms with Gasteiger partial charge in [-0.2, -0.15) is 0 Å². The van der Waals surface area contributed by atoms with Crippen LogP contribution in [0.15, 0.2) is 0 Å². The molecule has 1 fully saturated rings. The van der Waals surface area contributed by atoms with Crippen LogP contribution in [0.2, 0.25) is 0 Å². The van der Waals surface area contributed by atoms with Crippen molar-refractivity contribution in [1.29, 1.82) is 0 Å². The molecule has 3 heteroatoms. The predicted molar refractivity (Wildman–Crippen MR) is 76.6 cm³/mol. The molecule has 0 spiro atoms. The molecule has 1 unspecified atom stereocenters. The van der Waals surface area contributed by atoms with E-state index < -0.39 is 0 Å². The Labute approximate surface area is 112 Å². The normalized spacial score (nSPS) is 16.9. The summed E-state index contributed by atoms with van der Waals surface area (Å²) in [5.74, 6) is 0.864. The number of unbranched alkanes of at least 4 members (excludes halogenated alkanes) is 1. The standard InChI is InChI=1S/C15H30N2O/c1-4-7-8-13(5-2)11-16-15(18)12-17(6-3)14-9-10-14/h13-14H,4-12H2,1-3H3,(H,16,18). The molecule has 1 amide bonds. The summed E-state index contributed by atoms with van der Waals surface area (Å²) < 4.78 is 0. The highest BCUT2D eigenvalue weighted by atomic mass is 16.2. The van der Waals surface area contributed by atoms with Crippen LogP contribution in [-0.2, 0) is 4.79 Å². The van der Waals surface area contributed by atoms with E-state index in [1.807, 2.05) is 0 Å². The summed E-state index contributed by atoms with van der Waals surface area (Å²) in [4.78, 5) is 14.2. The van der Waals surface area contributed by atoms with Gasteiger partial charge in [0.25, 0.3) is 0 Å². The van der Waals surface area contributed by atoms with E-state index in [2.05, 4.69) is 31.0 Å². The number of rotatable bonds is 10. The van der Waals surface area contributed by atoms with Crippen LogP contribution in [-0.4, -0.2) is 36.5 Å². The first-order valence-corrected chi connectivity index (χ1v) is 7.71. The minimum atomic E-state index is 0.207. The molecule has 1 saturated carbocycles. The average molecular weight is 254 g/mol. The van der Waals surface area contributed by atoms with Crippen LogP contribution < -0.4 is 5.32 Å². The molecule has 0 bridgehead atoms. The van der Waals surface area contributed by atoms with Gasteiger partial charge in [0.15, 0.2) is 0 Å². The number of likely N-dealkylation sites (N-methyl/N-ethyl adjacent to an activating group) is 1. The van der Waals surface area contributed by atoms with E-state index in [9.17, 15) is 4.79 Å². The number of amides is 1. The first kappa shape index (κ1) is 15.5. The second kappa shape index (κ2) is 8.52. The number of hydrogen-bond donors (Lipinski definition) is 1. The second-order valence-electron chi connectivity index (χ2n) is 5.51. The summed E-state index contributed by atoms with van der Waals surface area (Å²) in [7, 11) is 0. The van der Waals surface area contributed by atoms with Crippen LogP contribution in [0.4, 0.5) is 0 Å². The smallest absolute Gasteiger partial charge is 0.234 e. The molecule has 1 aliphatic rings. The minimum Gasteiger partial charge on any atom is -0.355 e. The maximum atomic E-state index is 11.9. The predicted octanol–water partition coefficient (Wildman–Crippen LogP) is 2.80. The third-order valence-electron chi connectivity index (χ3n) is 3.95. The van der Waals surface area contributed by atoms with Crippen molar-refractivity contribution in [2.75, 3.05) is 19.6 Å². The number of nitrogens with zero attached hydrogens (tertiary/aromatic N) is 1. The van der Waals surface area contributed by atoms with Crippen LogP contribution in [0.1, 0.15) is 59.3 Å². The molecule has 18 heavy (non-hydrogen) atoms. The van der Waals surface area contributed by atoms with Gasteiger partial charge in [-0.15, -0.1) is 0 Å². The van der Waals surface area contributed by atoms with Crippen LogP contribution >= 0.6 is 0 Å². The summed E-state index contributed by atoms with van der Waals surface area (Å²) in [6.45, 7) is 9.02. The molecule has 0 aliphatic heterocycles.